The summed E-state index contributed by atoms with van der Waals surface area (Å²) in [4.78, 5) is 3.31. The Labute approximate surface area is 241 Å². The van der Waals surface area contributed by atoms with Gasteiger partial charge >= 0.3 is 6.18 Å². The summed E-state index contributed by atoms with van der Waals surface area (Å²) in [5, 5.41) is 17.2. The van der Waals surface area contributed by atoms with E-state index in [9.17, 15) is 13.2 Å². The number of rotatable bonds is 9. The quantitative estimate of drug-likeness (QED) is 0.142. The largest absolute Gasteiger partial charge is 0.495 e. The van der Waals surface area contributed by atoms with Crippen LogP contribution in [0.4, 0.5) is 24.5 Å². The summed E-state index contributed by atoms with van der Waals surface area (Å²) in [5.41, 5.74) is 2.52. The number of alkyl halides is 3. The Morgan fingerprint density at radius 2 is 1.98 bits per heavy atom. The SMILES string of the molecule is COc1cc(SC)ccc1NCc1nnc(-c2cc3c(NC4[CH-]CN(C)CC4)cccc3n2CC(F)(F)F)s1.[CH3-].[Es]. The average molecular weight is 843 g/mol. The minimum atomic E-state index is -4.39. The van der Waals surface area contributed by atoms with Crippen LogP contribution in [-0.4, -0.2) is 65.4 Å². The van der Waals surface area contributed by atoms with E-state index in [-0.39, 0.29) is 13.5 Å². The molecule has 0 amide bonds. The van der Waals surface area contributed by atoms with Crippen LogP contribution in [0.2, 0.25) is 0 Å². The third-order valence-electron chi connectivity index (χ3n) is 6.67. The van der Waals surface area contributed by atoms with Gasteiger partial charge in [-0.2, -0.15) is 13.2 Å². The monoisotopic (exact) mass is 842 g/mol. The van der Waals surface area contributed by atoms with E-state index in [1.54, 1.807) is 37.1 Å². The molecule has 1 aliphatic rings. The molecule has 227 valence electrons. The number of thioether (sulfide) groups is 1. The number of hydrogen-bond donors (Lipinski definition) is 2. The van der Waals surface area contributed by atoms with Gasteiger partial charge in [-0.15, -0.1) is 28.5 Å². The van der Waals surface area contributed by atoms with Gasteiger partial charge < -0.3 is 32.3 Å². The van der Waals surface area contributed by atoms with Gasteiger partial charge in [0, 0.05) is 16.0 Å². The number of hydrogen-bond acceptors (Lipinski definition) is 8. The molecule has 0 aliphatic carbocycles. The van der Waals surface area contributed by atoms with Gasteiger partial charge in [0.05, 0.1) is 30.6 Å². The number of methoxy groups -OCH3 is 1. The van der Waals surface area contributed by atoms with Gasteiger partial charge in [-0.05, 0) is 62.7 Å². The molecule has 1 atom stereocenters. The van der Waals surface area contributed by atoms with Crippen LogP contribution in [0.25, 0.3) is 21.6 Å². The zero-order valence-electron chi connectivity index (χ0n) is 23.2. The van der Waals surface area contributed by atoms with Crippen LogP contribution >= 0.6 is 23.1 Å². The number of fused-ring (bicyclic) bond motifs is 1. The fourth-order valence-corrected chi connectivity index (χ4v) is 5.92. The van der Waals surface area contributed by atoms with E-state index >= 15 is 0 Å². The molecule has 41 heavy (non-hydrogen) atoms. The Morgan fingerprint density at radius 1 is 1.17 bits per heavy atom. The molecule has 13 heteroatoms. The fraction of sp³-hybridized carbons (Fsp3) is 0.357. The summed E-state index contributed by atoms with van der Waals surface area (Å²) >= 11 is 2.89. The van der Waals surface area contributed by atoms with E-state index in [4.69, 9.17) is 4.74 Å². The number of aromatic nitrogens is 3. The first-order chi connectivity index (χ1) is 18.7. The maximum absolute atomic E-state index is 13.7. The van der Waals surface area contributed by atoms with Crippen molar-refractivity contribution in [3.05, 3.63) is 61.3 Å². The van der Waals surface area contributed by atoms with E-state index in [2.05, 4.69) is 39.2 Å². The van der Waals surface area contributed by atoms with Crippen LogP contribution in [0.3, 0.4) is 0 Å². The number of likely N-dealkylation sites (tertiary alicyclic amines) is 1. The molecule has 1 saturated heterocycles. The molecule has 0 bridgehead atoms. The number of nitrogens with one attached hydrogen (secondary N) is 2. The zero-order chi connectivity index (χ0) is 27.6. The maximum atomic E-state index is 13.7. The van der Waals surface area contributed by atoms with Crippen LogP contribution in [0.15, 0.2) is 47.4 Å². The van der Waals surface area contributed by atoms with Gasteiger partial charge in [-0.25, -0.2) is 0 Å². The minimum absolute atomic E-state index is 0. The van der Waals surface area contributed by atoms with Crippen molar-refractivity contribution < 1.29 is 17.9 Å². The molecule has 1 unspecified atom stereocenters. The Hall–Kier alpha value is -3.96. The summed E-state index contributed by atoms with van der Waals surface area (Å²) in [6, 6.07) is 13.3. The van der Waals surface area contributed by atoms with E-state index in [1.165, 1.54) is 15.9 Å². The Kier molecular flexibility index (Phi) is 10.1. The molecule has 7 nitrogen and oxygen atoms in total. The van der Waals surface area contributed by atoms with Crippen molar-refractivity contribution in [3.8, 4) is 16.5 Å². The van der Waals surface area contributed by atoms with Crippen molar-refractivity contribution in [2.75, 3.05) is 44.1 Å². The molecule has 4 aromatic rings. The molecule has 2 aromatic heterocycles. The van der Waals surface area contributed by atoms with Crippen molar-refractivity contribution in [2.45, 2.75) is 36.6 Å². The second-order valence-corrected chi connectivity index (χ2v) is 11.4. The Bertz CT molecular complexity index is 1440. The number of anilines is 2. The van der Waals surface area contributed by atoms with Gasteiger partial charge in [0.1, 0.15) is 17.3 Å². The van der Waals surface area contributed by atoms with Gasteiger partial charge in [0.25, 0.3) is 0 Å². The first kappa shape index (κ1) is 31.6. The molecule has 0 spiro atoms. The van der Waals surface area contributed by atoms with Crippen molar-refractivity contribution in [3.63, 3.8) is 0 Å². The van der Waals surface area contributed by atoms with Crippen LogP contribution in [0.5, 0.6) is 5.75 Å². The second kappa shape index (κ2) is 13.1. The fourth-order valence-electron chi connectivity index (χ4n) is 4.69. The molecule has 5 rings (SSSR count). The predicted octanol–water partition coefficient (Wildman–Crippen LogP) is 6.84. The van der Waals surface area contributed by atoms with Crippen LogP contribution < -0.4 is 15.4 Å². The van der Waals surface area contributed by atoms with Crippen molar-refractivity contribution in [1.29, 1.82) is 0 Å². The first-order valence-electron chi connectivity index (χ1n) is 12.5. The Balaban J connectivity index is 0.00000231. The molecular weight excluding hydrogens is 809 g/mol. The molecule has 3 heterocycles. The van der Waals surface area contributed by atoms with Gasteiger partial charge in [0.2, 0.25) is 0 Å². The zero-order valence-corrected chi connectivity index (χ0v) is 27.3. The number of ether oxygens (including phenoxy) is 1. The summed E-state index contributed by atoms with van der Waals surface area (Å²) < 4.78 is 47.8. The first-order valence-corrected chi connectivity index (χ1v) is 14.5. The summed E-state index contributed by atoms with van der Waals surface area (Å²) in [7, 11) is 3.68. The molecule has 1 aliphatic heterocycles. The van der Waals surface area contributed by atoms with E-state index in [0.29, 0.717) is 33.5 Å². The summed E-state index contributed by atoms with van der Waals surface area (Å²) in [5.74, 6) is 0.707. The molecule has 1 fully saturated rings. The third kappa shape index (κ3) is 7.22. The number of halogens is 3. The standard InChI is InChI=1S/C27H30F3N6OS2.CH3.Es/c1-35-11-9-17(10-12-35)32-20-5-4-6-22-19(20)14-23(36(22)16-27(28,29)30)26-34-33-25(39-26)15-31-21-8-7-18(38-3)13-24(21)37-2;;/h4-9,13-14,17,31-32H,10-12,15-16H2,1-3H3;1H3;/q2*-1;. The molecular formula is C28H33EsF3N6OS2-2. The molecule has 2 N–H and O–H groups in total. The van der Waals surface area contributed by atoms with E-state index < -0.39 is 12.7 Å². The van der Waals surface area contributed by atoms with E-state index in [1.807, 2.05) is 30.5 Å². The van der Waals surface area contributed by atoms with Gasteiger partial charge in [-0.1, -0.05) is 23.4 Å². The third-order valence-corrected chi connectivity index (χ3v) is 8.34. The number of nitrogens with zero attached hydrogens (tertiary/aromatic N) is 4. The number of piperidine rings is 1. The predicted molar refractivity (Wildman–Crippen MR) is 159 cm³/mol. The average Bonchev–Trinajstić information content (AvgIpc) is 3.53. The summed E-state index contributed by atoms with van der Waals surface area (Å²) in [6.07, 6.45) is 0.736. The van der Waals surface area contributed by atoms with Gasteiger partial charge in [0.15, 0.2) is 5.01 Å². The van der Waals surface area contributed by atoms with Crippen molar-refractivity contribution in [1.82, 2.24) is 19.7 Å². The maximum Gasteiger partial charge on any atom is 0.406 e. The van der Waals surface area contributed by atoms with E-state index in [0.717, 1.165) is 41.2 Å². The topological polar surface area (TPSA) is 67.2 Å². The molecule has 2 aromatic carbocycles. The minimum Gasteiger partial charge on any atom is -0.495 e. The van der Waals surface area contributed by atoms with Crippen molar-refractivity contribution in [2.24, 2.45) is 0 Å². The second-order valence-electron chi connectivity index (χ2n) is 9.43. The smallest absolute Gasteiger partial charge is 0.406 e. The molecule has 0 saturated carbocycles. The van der Waals surface area contributed by atoms with Gasteiger partial charge in [-0.3, -0.25) is 6.42 Å². The normalized spacial score (nSPS) is 15.7. The number of benzene rings is 2. The van der Waals surface area contributed by atoms with Crippen molar-refractivity contribution >= 4 is 45.4 Å². The van der Waals surface area contributed by atoms with Crippen LogP contribution in [-0.2, 0) is 13.1 Å². The van der Waals surface area contributed by atoms with Crippen LogP contribution in [0.1, 0.15) is 11.4 Å². The van der Waals surface area contributed by atoms with Crippen LogP contribution in [0, 0.1) is 13.8 Å². The summed E-state index contributed by atoms with van der Waals surface area (Å²) in [6.45, 7) is 1.08. The molecule has 1 radical (unpaired) electrons. The Morgan fingerprint density at radius 3 is 2.66 bits per heavy atom.